The molecule has 1 rings (SSSR count). The van der Waals surface area contributed by atoms with Crippen molar-refractivity contribution in [3.63, 3.8) is 0 Å². The predicted molar refractivity (Wildman–Crippen MR) is 61.2 cm³/mol. The van der Waals surface area contributed by atoms with Gasteiger partial charge >= 0.3 is 5.97 Å². The molecular formula is C11H16N2O3. The maximum absolute atomic E-state index is 10.4. The first kappa shape index (κ1) is 12.3. The van der Waals surface area contributed by atoms with E-state index in [1.54, 1.807) is 18.2 Å². The SMILES string of the molecule is COc1ccc(C(N)CCC(=O)O)cc1N. The first-order chi connectivity index (χ1) is 7.54. The molecule has 16 heavy (non-hydrogen) atoms. The van der Waals surface area contributed by atoms with E-state index in [0.29, 0.717) is 17.9 Å². The van der Waals surface area contributed by atoms with E-state index in [-0.39, 0.29) is 12.5 Å². The van der Waals surface area contributed by atoms with Crippen molar-refractivity contribution in [3.05, 3.63) is 23.8 Å². The molecule has 0 spiro atoms. The fourth-order valence-corrected chi connectivity index (χ4v) is 1.43. The molecule has 0 fully saturated rings. The highest BCUT2D eigenvalue weighted by Gasteiger charge is 2.10. The summed E-state index contributed by atoms with van der Waals surface area (Å²) in [5.41, 5.74) is 12.9. The van der Waals surface area contributed by atoms with Gasteiger partial charge in [0.2, 0.25) is 0 Å². The Bertz CT molecular complexity index is 379. The molecule has 0 radical (unpaired) electrons. The number of carboxylic acid groups (broad SMARTS) is 1. The lowest BCUT2D eigenvalue weighted by molar-refractivity contribution is -0.137. The standard InChI is InChI=1S/C11H16N2O3/c1-16-10-4-2-7(6-9(10)13)8(12)3-5-11(14)15/h2,4,6,8H,3,5,12-13H2,1H3,(H,14,15). The molecule has 0 aromatic heterocycles. The van der Waals surface area contributed by atoms with E-state index >= 15 is 0 Å². The van der Waals surface area contributed by atoms with E-state index in [2.05, 4.69) is 0 Å². The summed E-state index contributed by atoms with van der Waals surface area (Å²) in [6, 6.07) is 4.92. The maximum Gasteiger partial charge on any atom is 0.303 e. The van der Waals surface area contributed by atoms with Crippen LogP contribution in [0.2, 0.25) is 0 Å². The van der Waals surface area contributed by atoms with Crippen LogP contribution in [0.1, 0.15) is 24.4 Å². The number of hydrogen-bond donors (Lipinski definition) is 3. The molecule has 0 heterocycles. The van der Waals surface area contributed by atoms with Gasteiger partial charge in [-0.05, 0) is 24.1 Å². The Labute approximate surface area is 94.0 Å². The van der Waals surface area contributed by atoms with E-state index in [4.69, 9.17) is 21.3 Å². The van der Waals surface area contributed by atoms with Crippen LogP contribution in [0.5, 0.6) is 5.75 Å². The van der Waals surface area contributed by atoms with Gasteiger partial charge in [-0.3, -0.25) is 4.79 Å². The fraction of sp³-hybridized carbons (Fsp3) is 0.364. The Balaban J connectivity index is 2.72. The molecule has 0 aliphatic heterocycles. The number of methoxy groups -OCH3 is 1. The number of carbonyl (C=O) groups is 1. The number of carboxylic acids is 1. The molecule has 0 aliphatic rings. The number of hydrogen-bond acceptors (Lipinski definition) is 4. The van der Waals surface area contributed by atoms with Crippen LogP contribution in [-0.2, 0) is 4.79 Å². The van der Waals surface area contributed by atoms with E-state index in [9.17, 15) is 4.79 Å². The second-order valence-electron chi connectivity index (χ2n) is 3.54. The van der Waals surface area contributed by atoms with Crippen LogP contribution < -0.4 is 16.2 Å². The van der Waals surface area contributed by atoms with Crippen LogP contribution in [0.4, 0.5) is 5.69 Å². The largest absolute Gasteiger partial charge is 0.495 e. The van der Waals surface area contributed by atoms with Gasteiger partial charge < -0.3 is 21.3 Å². The summed E-state index contributed by atoms with van der Waals surface area (Å²) in [5.74, 6) is -0.258. The molecule has 0 amide bonds. The minimum Gasteiger partial charge on any atom is -0.495 e. The predicted octanol–water partition coefficient (Wildman–Crippen LogP) is 1.14. The molecule has 1 unspecified atom stereocenters. The highest BCUT2D eigenvalue weighted by molar-refractivity contribution is 5.66. The minimum absolute atomic E-state index is 0.0487. The number of anilines is 1. The molecule has 5 N–H and O–H groups in total. The van der Waals surface area contributed by atoms with E-state index in [1.807, 2.05) is 0 Å². The molecule has 1 aromatic carbocycles. The van der Waals surface area contributed by atoms with Crippen LogP contribution >= 0.6 is 0 Å². The Morgan fingerprint density at radius 1 is 1.56 bits per heavy atom. The smallest absolute Gasteiger partial charge is 0.303 e. The zero-order chi connectivity index (χ0) is 12.1. The zero-order valence-corrected chi connectivity index (χ0v) is 9.14. The van der Waals surface area contributed by atoms with Crippen molar-refractivity contribution in [2.24, 2.45) is 5.73 Å². The highest BCUT2D eigenvalue weighted by atomic mass is 16.5. The summed E-state index contributed by atoms with van der Waals surface area (Å²) in [6.07, 6.45) is 0.439. The van der Waals surface area contributed by atoms with Crippen LogP contribution in [0, 0.1) is 0 Å². The van der Waals surface area contributed by atoms with Crippen molar-refractivity contribution in [2.75, 3.05) is 12.8 Å². The third-order valence-electron chi connectivity index (χ3n) is 2.35. The van der Waals surface area contributed by atoms with Gasteiger partial charge in [0.15, 0.2) is 0 Å². The van der Waals surface area contributed by atoms with Crippen molar-refractivity contribution >= 4 is 11.7 Å². The maximum atomic E-state index is 10.4. The molecule has 0 bridgehead atoms. The van der Waals surface area contributed by atoms with Crippen LogP contribution in [0.15, 0.2) is 18.2 Å². The van der Waals surface area contributed by atoms with E-state index < -0.39 is 5.97 Å². The van der Waals surface area contributed by atoms with Crippen molar-refractivity contribution in [3.8, 4) is 5.75 Å². The normalized spacial score (nSPS) is 12.1. The molecular weight excluding hydrogens is 208 g/mol. The average Bonchev–Trinajstić information content (AvgIpc) is 2.25. The van der Waals surface area contributed by atoms with Crippen molar-refractivity contribution < 1.29 is 14.6 Å². The van der Waals surface area contributed by atoms with Gasteiger partial charge in [-0.1, -0.05) is 6.07 Å². The van der Waals surface area contributed by atoms with E-state index in [0.717, 1.165) is 5.56 Å². The second-order valence-corrected chi connectivity index (χ2v) is 3.54. The second kappa shape index (κ2) is 5.37. The van der Waals surface area contributed by atoms with Crippen molar-refractivity contribution in [1.29, 1.82) is 0 Å². The van der Waals surface area contributed by atoms with Crippen LogP contribution in [0.3, 0.4) is 0 Å². The number of benzene rings is 1. The van der Waals surface area contributed by atoms with Gasteiger partial charge in [0.25, 0.3) is 0 Å². The third-order valence-corrected chi connectivity index (χ3v) is 2.35. The number of ether oxygens (including phenoxy) is 1. The van der Waals surface area contributed by atoms with Crippen LogP contribution in [-0.4, -0.2) is 18.2 Å². The summed E-state index contributed by atoms with van der Waals surface area (Å²) in [4.78, 5) is 10.4. The molecule has 1 aromatic rings. The number of nitrogen functional groups attached to an aromatic ring is 1. The van der Waals surface area contributed by atoms with Crippen LogP contribution in [0.25, 0.3) is 0 Å². The first-order valence-corrected chi connectivity index (χ1v) is 4.95. The Morgan fingerprint density at radius 3 is 2.75 bits per heavy atom. The first-order valence-electron chi connectivity index (χ1n) is 4.95. The Kier molecular flexibility index (Phi) is 4.13. The molecule has 88 valence electrons. The Hall–Kier alpha value is -1.75. The lowest BCUT2D eigenvalue weighted by Crippen LogP contribution is -2.12. The molecule has 5 heteroatoms. The molecule has 0 saturated carbocycles. The van der Waals surface area contributed by atoms with Crippen molar-refractivity contribution in [1.82, 2.24) is 0 Å². The van der Waals surface area contributed by atoms with Gasteiger partial charge in [-0.2, -0.15) is 0 Å². The van der Waals surface area contributed by atoms with Gasteiger partial charge in [-0.25, -0.2) is 0 Å². The van der Waals surface area contributed by atoms with Gasteiger partial charge in [0.05, 0.1) is 12.8 Å². The Morgan fingerprint density at radius 2 is 2.25 bits per heavy atom. The lowest BCUT2D eigenvalue weighted by Gasteiger charge is -2.12. The summed E-state index contributed by atoms with van der Waals surface area (Å²) in [5, 5.41) is 8.55. The molecule has 1 atom stereocenters. The van der Waals surface area contributed by atoms with Gasteiger partial charge in [-0.15, -0.1) is 0 Å². The fourth-order valence-electron chi connectivity index (χ4n) is 1.43. The summed E-state index contributed by atoms with van der Waals surface area (Å²) in [7, 11) is 1.54. The summed E-state index contributed by atoms with van der Waals surface area (Å²) < 4.78 is 5.02. The quantitative estimate of drug-likeness (QED) is 0.651. The topological polar surface area (TPSA) is 98.6 Å². The third kappa shape index (κ3) is 3.13. The number of rotatable bonds is 5. The average molecular weight is 224 g/mol. The van der Waals surface area contributed by atoms with Gasteiger partial charge in [0, 0.05) is 12.5 Å². The molecule has 0 aliphatic carbocycles. The highest BCUT2D eigenvalue weighted by Crippen LogP contribution is 2.25. The molecule has 5 nitrogen and oxygen atoms in total. The van der Waals surface area contributed by atoms with E-state index in [1.165, 1.54) is 7.11 Å². The number of nitrogens with two attached hydrogens (primary N) is 2. The van der Waals surface area contributed by atoms with Crippen molar-refractivity contribution in [2.45, 2.75) is 18.9 Å². The number of aliphatic carboxylic acids is 1. The minimum atomic E-state index is -0.850. The monoisotopic (exact) mass is 224 g/mol. The zero-order valence-electron chi connectivity index (χ0n) is 9.14. The summed E-state index contributed by atoms with van der Waals surface area (Å²) >= 11 is 0. The lowest BCUT2D eigenvalue weighted by atomic mass is 10.0. The summed E-state index contributed by atoms with van der Waals surface area (Å²) in [6.45, 7) is 0. The van der Waals surface area contributed by atoms with Gasteiger partial charge in [0.1, 0.15) is 5.75 Å². The molecule has 0 saturated heterocycles.